The number of aromatic nitrogens is 4. The van der Waals surface area contributed by atoms with Crippen molar-refractivity contribution in [2.45, 2.75) is 23.3 Å². The number of halogens is 6. The highest BCUT2D eigenvalue weighted by atomic mass is 32.2. The Morgan fingerprint density at radius 3 is 2.06 bits per heavy atom. The minimum Gasteiger partial charge on any atom is -0.322 e. The molecule has 0 bridgehead atoms. The molecule has 0 spiro atoms. The molecule has 1 heterocycles. The second kappa shape index (κ2) is 10.0. The summed E-state index contributed by atoms with van der Waals surface area (Å²) in [4.78, 5) is 12.5. The predicted molar refractivity (Wildman–Crippen MR) is 120 cm³/mol. The lowest BCUT2D eigenvalue weighted by Gasteiger charge is -2.15. The number of hydrogen-bond donors (Lipinski definition) is 1. The Hall–Kier alpha value is -3.87. The van der Waals surface area contributed by atoms with Crippen molar-refractivity contribution < 1.29 is 31.1 Å². The molecule has 6 nitrogen and oxygen atoms in total. The molecule has 0 fully saturated rings. The standard InChI is InChI=1S/C23H15F6N5OS/c24-22(25,26)16-10-17(23(27,28)29)12-18(11-16)30-20(35)15-8-6-14(7-9-15)13-36-21-31-32-33-34(21)19-4-2-1-3-5-19/h1-12H,13H2,(H,30,35). The third kappa shape index (κ3) is 6.03. The Morgan fingerprint density at radius 2 is 1.47 bits per heavy atom. The van der Waals surface area contributed by atoms with E-state index in [0.29, 0.717) is 23.0 Å². The number of thioether (sulfide) groups is 1. The molecule has 0 unspecified atom stereocenters. The fourth-order valence-electron chi connectivity index (χ4n) is 3.13. The summed E-state index contributed by atoms with van der Waals surface area (Å²) in [7, 11) is 0. The van der Waals surface area contributed by atoms with E-state index in [0.717, 1.165) is 11.3 Å². The number of carbonyl (C=O) groups is 1. The molecule has 1 amide bonds. The Bertz CT molecular complexity index is 1320. The van der Waals surface area contributed by atoms with Gasteiger partial charge in [-0.05, 0) is 58.5 Å². The van der Waals surface area contributed by atoms with E-state index in [4.69, 9.17) is 0 Å². The van der Waals surface area contributed by atoms with E-state index in [1.165, 1.54) is 23.9 Å². The normalized spacial score (nSPS) is 11.9. The van der Waals surface area contributed by atoms with Crippen molar-refractivity contribution in [2.75, 3.05) is 5.32 Å². The minimum absolute atomic E-state index is 0.00373. The van der Waals surface area contributed by atoms with E-state index >= 15 is 0 Å². The maximum absolute atomic E-state index is 13.0. The van der Waals surface area contributed by atoms with E-state index in [9.17, 15) is 31.1 Å². The van der Waals surface area contributed by atoms with Crippen LogP contribution in [0.1, 0.15) is 27.0 Å². The van der Waals surface area contributed by atoms with Gasteiger partial charge in [0.1, 0.15) is 0 Å². The van der Waals surface area contributed by atoms with Crippen LogP contribution in [0, 0.1) is 0 Å². The van der Waals surface area contributed by atoms with Crippen molar-refractivity contribution >= 4 is 23.4 Å². The number of carbonyl (C=O) groups excluding carboxylic acids is 1. The summed E-state index contributed by atoms with van der Waals surface area (Å²) < 4.78 is 79.8. The number of alkyl halides is 6. The first-order valence-corrected chi connectivity index (χ1v) is 11.2. The van der Waals surface area contributed by atoms with Crippen LogP contribution < -0.4 is 5.32 Å². The van der Waals surface area contributed by atoms with Gasteiger partial charge in [-0.1, -0.05) is 42.1 Å². The molecule has 0 saturated heterocycles. The highest BCUT2D eigenvalue weighted by Gasteiger charge is 2.37. The van der Waals surface area contributed by atoms with E-state index in [1.807, 2.05) is 30.3 Å². The van der Waals surface area contributed by atoms with Crippen molar-refractivity contribution in [3.63, 3.8) is 0 Å². The lowest BCUT2D eigenvalue weighted by atomic mass is 10.1. The summed E-state index contributed by atoms with van der Waals surface area (Å²) in [5.74, 6) is -0.410. The van der Waals surface area contributed by atoms with E-state index in [-0.39, 0.29) is 11.6 Å². The summed E-state index contributed by atoms with van der Waals surface area (Å²) in [6.45, 7) is 0. The van der Waals surface area contributed by atoms with Gasteiger partial charge < -0.3 is 5.32 Å². The van der Waals surface area contributed by atoms with E-state index in [1.54, 1.807) is 16.8 Å². The lowest BCUT2D eigenvalue weighted by molar-refractivity contribution is -0.143. The number of anilines is 1. The van der Waals surface area contributed by atoms with E-state index in [2.05, 4.69) is 20.8 Å². The molecule has 0 radical (unpaired) electrons. The monoisotopic (exact) mass is 523 g/mol. The number of para-hydroxylation sites is 1. The van der Waals surface area contributed by atoms with Gasteiger partial charge in [-0.25, -0.2) is 0 Å². The quantitative estimate of drug-likeness (QED) is 0.239. The van der Waals surface area contributed by atoms with Gasteiger partial charge in [0, 0.05) is 17.0 Å². The van der Waals surface area contributed by atoms with Crippen molar-refractivity contribution in [2.24, 2.45) is 0 Å². The van der Waals surface area contributed by atoms with Gasteiger partial charge in [0.2, 0.25) is 5.16 Å². The first kappa shape index (κ1) is 25.2. The summed E-state index contributed by atoms with van der Waals surface area (Å²) in [5.41, 5.74) is -2.02. The number of benzene rings is 3. The van der Waals surface area contributed by atoms with Crippen LogP contribution >= 0.6 is 11.8 Å². The molecule has 36 heavy (non-hydrogen) atoms. The Morgan fingerprint density at radius 1 is 0.861 bits per heavy atom. The highest BCUT2D eigenvalue weighted by molar-refractivity contribution is 7.98. The fourth-order valence-corrected chi connectivity index (χ4v) is 3.98. The molecule has 0 saturated carbocycles. The second-order valence-electron chi connectivity index (χ2n) is 7.44. The molecule has 0 atom stereocenters. The third-order valence-electron chi connectivity index (χ3n) is 4.87. The molecule has 3 aromatic carbocycles. The van der Waals surface area contributed by atoms with Crippen LogP contribution in [0.2, 0.25) is 0 Å². The SMILES string of the molecule is O=C(Nc1cc(C(F)(F)F)cc(C(F)(F)F)c1)c1ccc(CSc2nnnn2-c2ccccc2)cc1. The molecular formula is C23H15F6N5OS. The number of rotatable bonds is 6. The third-order valence-corrected chi connectivity index (χ3v) is 5.86. The molecule has 4 aromatic rings. The van der Waals surface area contributed by atoms with Gasteiger partial charge in [0.25, 0.3) is 5.91 Å². The van der Waals surface area contributed by atoms with Crippen molar-refractivity contribution in [1.82, 2.24) is 20.2 Å². The molecule has 13 heteroatoms. The van der Waals surface area contributed by atoms with Crippen LogP contribution in [0.4, 0.5) is 32.0 Å². The number of nitrogens with zero attached hydrogens (tertiary/aromatic N) is 4. The maximum Gasteiger partial charge on any atom is 0.416 e. The second-order valence-corrected chi connectivity index (χ2v) is 8.39. The zero-order valence-corrected chi connectivity index (χ0v) is 18.8. The van der Waals surface area contributed by atoms with Gasteiger partial charge in [0.15, 0.2) is 0 Å². The number of nitrogens with one attached hydrogen (secondary N) is 1. The maximum atomic E-state index is 13.0. The summed E-state index contributed by atoms with van der Waals surface area (Å²) in [6.07, 6.45) is -10.0. The Balaban J connectivity index is 1.45. The van der Waals surface area contributed by atoms with Crippen LogP contribution in [-0.4, -0.2) is 26.1 Å². The van der Waals surface area contributed by atoms with E-state index < -0.39 is 35.1 Å². The summed E-state index contributed by atoms with van der Waals surface area (Å²) in [6, 6.07) is 16.2. The highest BCUT2D eigenvalue weighted by Crippen LogP contribution is 2.37. The Kier molecular flexibility index (Phi) is 7.02. The van der Waals surface area contributed by atoms with Crippen LogP contribution in [0.5, 0.6) is 0 Å². The van der Waals surface area contributed by atoms with Crippen molar-refractivity contribution in [3.05, 3.63) is 95.1 Å². The van der Waals surface area contributed by atoms with Crippen LogP contribution in [0.15, 0.2) is 78.0 Å². The van der Waals surface area contributed by atoms with Crippen molar-refractivity contribution in [1.29, 1.82) is 0 Å². The number of tetrazole rings is 1. The topological polar surface area (TPSA) is 72.7 Å². The smallest absolute Gasteiger partial charge is 0.322 e. The van der Waals surface area contributed by atoms with Gasteiger partial charge in [0.05, 0.1) is 16.8 Å². The van der Waals surface area contributed by atoms with Crippen LogP contribution in [0.25, 0.3) is 5.69 Å². The Labute approximate surface area is 204 Å². The summed E-state index contributed by atoms with van der Waals surface area (Å²) in [5, 5.41) is 14.3. The molecule has 0 aliphatic rings. The number of amides is 1. The average molecular weight is 523 g/mol. The van der Waals surface area contributed by atoms with Crippen LogP contribution in [-0.2, 0) is 18.1 Å². The lowest BCUT2D eigenvalue weighted by Crippen LogP contribution is -2.16. The predicted octanol–water partition coefficient (Wildman–Crippen LogP) is 6.24. The summed E-state index contributed by atoms with van der Waals surface area (Å²) >= 11 is 1.34. The zero-order chi connectivity index (χ0) is 25.9. The largest absolute Gasteiger partial charge is 0.416 e. The van der Waals surface area contributed by atoms with Gasteiger partial charge >= 0.3 is 12.4 Å². The molecular weight excluding hydrogens is 508 g/mol. The fraction of sp³-hybridized carbons (Fsp3) is 0.130. The minimum atomic E-state index is -5.01. The molecule has 0 aliphatic carbocycles. The number of hydrogen-bond acceptors (Lipinski definition) is 5. The molecule has 0 aliphatic heterocycles. The van der Waals surface area contributed by atoms with Gasteiger partial charge in [-0.3, -0.25) is 4.79 Å². The average Bonchev–Trinajstić information content (AvgIpc) is 3.31. The van der Waals surface area contributed by atoms with Gasteiger partial charge in [-0.15, -0.1) is 5.10 Å². The zero-order valence-electron chi connectivity index (χ0n) is 18.0. The molecule has 4 rings (SSSR count). The molecule has 1 N–H and O–H groups in total. The van der Waals surface area contributed by atoms with Crippen molar-refractivity contribution in [3.8, 4) is 5.69 Å². The first-order valence-electron chi connectivity index (χ1n) is 10.2. The molecule has 186 valence electrons. The first-order chi connectivity index (χ1) is 17.0. The van der Waals surface area contributed by atoms with Crippen LogP contribution in [0.3, 0.4) is 0 Å². The van der Waals surface area contributed by atoms with Gasteiger partial charge in [-0.2, -0.15) is 31.0 Å². The molecule has 1 aromatic heterocycles.